The van der Waals surface area contributed by atoms with E-state index in [-0.39, 0.29) is 28.4 Å². The summed E-state index contributed by atoms with van der Waals surface area (Å²) in [4.78, 5) is 24.2. The van der Waals surface area contributed by atoms with Crippen LogP contribution in [0.3, 0.4) is 0 Å². The molecule has 1 unspecified atom stereocenters. The number of Topliss-reactive ketones (excluding diaryl/α,β-unsaturated/α-hetero) is 2. The van der Waals surface area contributed by atoms with Gasteiger partial charge in [0, 0.05) is 18.3 Å². The molecule has 0 aromatic rings. The quantitative estimate of drug-likeness (QED) is 0.733. The van der Waals surface area contributed by atoms with Crippen molar-refractivity contribution in [1.29, 1.82) is 5.41 Å². The number of hydrogen-bond donors (Lipinski definition) is 1. The van der Waals surface area contributed by atoms with Crippen LogP contribution in [0.5, 0.6) is 0 Å². The SMILES string of the molecule is CC(=O)[C@H]1CC[C@H]2[C@@H]3C=CC4C(=N)C(=O)CC[C@]4(C)[C@H]3CC[C@]12C. The van der Waals surface area contributed by atoms with E-state index in [2.05, 4.69) is 26.0 Å². The lowest BCUT2D eigenvalue weighted by Gasteiger charge is -2.57. The summed E-state index contributed by atoms with van der Waals surface area (Å²) in [5, 5.41) is 8.28. The molecule has 7 atom stereocenters. The number of fused-ring (bicyclic) bond motifs is 5. The molecule has 0 aliphatic heterocycles. The molecule has 3 fully saturated rings. The van der Waals surface area contributed by atoms with Crippen molar-refractivity contribution in [2.45, 2.75) is 59.3 Å². The molecular weight excluding hydrogens is 298 g/mol. The van der Waals surface area contributed by atoms with Crippen LogP contribution in [0, 0.1) is 45.8 Å². The molecule has 3 saturated carbocycles. The van der Waals surface area contributed by atoms with E-state index in [1.165, 1.54) is 0 Å². The number of allylic oxidation sites excluding steroid dienone is 2. The van der Waals surface area contributed by atoms with E-state index in [0.29, 0.717) is 35.7 Å². The number of hydrogen-bond acceptors (Lipinski definition) is 3. The first-order valence-electron chi connectivity index (χ1n) is 9.59. The molecule has 0 spiro atoms. The lowest BCUT2D eigenvalue weighted by molar-refractivity contribution is -0.127. The van der Waals surface area contributed by atoms with Gasteiger partial charge in [0.05, 0.1) is 5.71 Å². The highest BCUT2D eigenvalue weighted by atomic mass is 16.1. The fourth-order valence-electron chi connectivity index (χ4n) is 7.05. The van der Waals surface area contributed by atoms with Crippen molar-refractivity contribution < 1.29 is 9.59 Å². The number of nitrogens with one attached hydrogen (secondary N) is 1. The largest absolute Gasteiger partial charge is 0.301 e. The van der Waals surface area contributed by atoms with Crippen molar-refractivity contribution in [2.75, 3.05) is 0 Å². The third kappa shape index (κ3) is 1.93. The predicted molar refractivity (Wildman–Crippen MR) is 93.9 cm³/mol. The Labute approximate surface area is 144 Å². The van der Waals surface area contributed by atoms with E-state index in [1.807, 2.05) is 0 Å². The van der Waals surface area contributed by atoms with Gasteiger partial charge in [-0.05, 0) is 67.6 Å². The summed E-state index contributed by atoms with van der Waals surface area (Å²) < 4.78 is 0. The summed E-state index contributed by atoms with van der Waals surface area (Å²) in [5.41, 5.74) is 0.540. The summed E-state index contributed by atoms with van der Waals surface area (Å²) in [7, 11) is 0. The molecule has 0 heterocycles. The van der Waals surface area contributed by atoms with Crippen LogP contribution in [0.1, 0.15) is 59.3 Å². The second-order valence-corrected chi connectivity index (χ2v) is 9.28. The molecule has 3 nitrogen and oxygen atoms in total. The first-order valence-corrected chi connectivity index (χ1v) is 9.59. The van der Waals surface area contributed by atoms with Crippen LogP contribution in [0.4, 0.5) is 0 Å². The Kier molecular flexibility index (Phi) is 3.47. The standard InChI is InChI=1S/C21H29NO2/c1-12(23)14-6-7-15-13-4-5-17-19(22)18(24)9-11-21(17,3)16(13)8-10-20(14,15)2/h4-5,13-17,22H,6-11H2,1-3H3/t13-,14+,15-,16-,17?,20+,21+/m0/s1. The van der Waals surface area contributed by atoms with Crippen molar-refractivity contribution in [3.63, 3.8) is 0 Å². The van der Waals surface area contributed by atoms with Gasteiger partial charge in [-0.3, -0.25) is 9.59 Å². The molecule has 0 aromatic heterocycles. The summed E-state index contributed by atoms with van der Waals surface area (Å²) in [6.07, 6.45) is 10.4. The van der Waals surface area contributed by atoms with Crippen molar-refractivity contribution in [3.05, 3.63) is 12.2 Å². The van der Waals surface area contributed by atoms with E-state index in [9.17, 15) is 9.59 Å². The molecule has 0 amide bonds. The molecule has 24 heavy (non-hydrogen) atoms. The number of carbonyl (C=O) groups is 2. The normalized spacial score (nSPS) is 50.2. The van der Waals surface area contributed by atoms with E-state index < -0.39 is 0 Å². The Morgan fingerprint density at radius 2 is 1.79 bits per heavy atom. The summed E-state index contributed by atoms with van der Waals surface area (Å²) in [6.45, 7) is 6.44. The second kappa shape index (κ2) is 5.12. The lowest BCUT2D eigenvalue weighted by atomic mass is 9.46. The van der Waals surface area contributed by atoms with Crippen molar-refractivity contribution in [2.24, 2.45) is 40.4 Å². The van der Waals surface area contributed by atoms with Crippen LogP contribution in [0.25, 0.3) is 0 Å². The van der Waals surface area contributed by atoms with Crippen LogP contribution < -0.4 is 0 Å². The maximum Gasteiger partial charge on any atom is 0.176 e. The molecule has 0 aromatic carbocycles. The zero-order chi connectivity index (χ0) is 17.3. The Morgan fingerprint density at radius 3 is 2.50 bits per heavy atom. The highest BCUT2D eigenvalue weighted by molar-refractivity contribution is 6.40. The maximum absolute atomic E-state index is 12.2. The van der Waals surface area contributed by atoms with Gasteiger partial charge in [0.15, 0.2) is 5.78 Å². The van der Waals surface area contributed by atoms with Gasteiger partial charge in [0.1, 0.15) is 5.78 Å². The van der Waals surface area contributed by atoms with E-state index in [4.69, 9.17) is 5.41 Å². The highest BCUT2D eigenvalue weighted by Gasteiger charge is 2.60. The molecule has 0 radical (unpaired) electrons. The van der Waals surface area contributed by atoms with E-state index in [0.717, 1.165) is 32.1 Å². The molecule has 1 N–H and O–H groups in total. The van der Waals surface area contributed by atoms with Crippen LogP contribution in [0.2, 0.25) is 0 Å². The van der Waals surface area contributed by atoms with E-state index >= 15 is 0 Å². The molecule has 3 heteroatoms. The average Bonchev–Trinajstić information content (AvgIpc) is 2.89. The van der Waals surface area contributed by atoms with Gasteiger partial charge in [-0.15, -0.1) is 0 Å². The Bertz CT molecular complexity index is 650. The Balaban J connectivity index is 1.71. The minimum absolute atomic E-state index is 0.00867. The topological polar surface area (TPSA) is 58.0 Å². The van der Waals surface area contributed by atoms with Crippen LogP contribution in [-0.2, 0) is 9.59 Å². The summed E-state index contributed by atoms with van der Waals surface area (Å²) in [6, 6.07) is 0. The van der Waals surface area contributed by atoms with Crippen LogP contribution in [-0.4, -0.2) is 17.3 Å². The van der Waals surface area contributed by atoms with Crippen molar-refractivity contribution >= 4 is 17.3 Å². The first-order chi connectivity index (χ1) is 11.3. The smallest absolute Gasteiger partial charge is 0.176 e. The fourth-order valence-corrected chi connectivity index (χ4v) is 7.05. The monoisotopic (exact) mass is 327 g/mol. The van der Waals surface area contributed by atoms with Gasteiger partial charge in [0.25, 0.3) is 0 Å². The van der Waals surface area contributed by atoms with Crippen molar-refractivity contribution in [3.8, 4) is 0 Å². The van der Waals surface area contributed by atoms with Crippen LogP contribution >= 0.6 is 0 Å². The third-order valence-corrected chi connectivity index (χ3v) is 8.41. The zero-order valence-electron chi connectivity index (χ0n) is 15.1. The van der Waals surface area contributed by atoms with E-state index in [1.54, 1.807) is 6.92 Å². The van der Waals surface area contributed by atoms with Gasteiger partial charge >= 0.3 is 0 Å². The number of ketones is 2. The molecule has 4 aliphatic rings. The van der Waals surface area contributed by atoms with Gasteiger partial charge in [-0.25, -0.2) is 0 Å². The fraction of sp³-hybridized carbons (Fsp3) is 0.762. The minimum Gasteiger partial charge on any atom is -0.301 e. The predicted octanol–water partition coefficient (Wildman–Crippen LogP) is 4.21. The third-order valence-electron chi connectivity index (χ3n) is 8.41. The molecular formula is C21H29NO2. The molecule has 0 saturated heterocycles. The Morgan fingerprint density at radius 1 is 1.08 bits per heavy atom. The molecule has 0 bridgehead atoms. The molecule has 4 aliphatic carbocycles. The first kappa shape index (κ1) is 16.2. The summed E-state index contributed by atoms with van der Waals surface area (Å²) >= 11 is 0. The average molecular weight is 327 g/mol. The van der Waals surface area contributed by atoms with Gasteiger partial charge < -0.3 is 5.41 Å². The Hall–Kier alpha value is -1.25. The lowest BCUT2D eigenvalue weighted by Crippen LogP contribution is -2.54. The van der Waals surface area contributed by atoms with Gasteiger partial charge in [0.2, 0.25) is 0 Å². The van der Waals surface area contributed by atoms with Gasteiger partial charge in [-0.1, -0.05) is 26.0 Å². The number of rotatable bonds is 1. The summed E-state index contributed by atoms with van der Waals surface area (Å²) in [5.74, 6) is 2.32. The van der Waals surface area contributed by atoms with Crippen molar-refractivity contribution in [1.82, 2.24) is 0 Å². The second-order valence-electron chi connectivity index (χ2n) is 9.28. The molecule has 4 rings (SSSR count). The zero-order valence-corrected chi connectivity index (χ0v) is 15.1. The van der Waals surface area contributed by atoms with Crippen LogP contribution in [0.15, 0.2) is 12.2 Å². The maximum atomic E-state index is 12.2. The highest BCUT2D eigenvalue weighted by Crippen LogP contribution is 2.65. The molecule has 130 valence electrons. The minimum atomic E-state index is 0.00867. The number of carbonyl (C=O) groups excluding carboxylic acids is 2. The van der Waals surface area contributed by atoms with Gasteiger partial charge in [-0.2, -0.15) is 0 Å².